The molecule has 2 amide bonds. The zero-order valence-corrected chi connectivity index (χ0v) is 16.9. The fourth-order valence-electron chi connectivity index (χ4n) is 2.68. The Kier molecular flexibility index (Phi) is 6.90. The van der Waals surface area contributed by atoms with Crippen molar-refractivity contribution < 1.29 is 18.0 Å². The van der Waals surface area contributed by atoms with E-state index >= 15 is 0 Å². The summed E-state index contributed by atoms with van der Waals surface area (Å²) in [6.07, 6.45) is 0.330. The summed E-state index contributed by atoms with van der Waals surface area (Å²) in [5.74, 6) is -1.74. The van der Waals surface area contributed by atoms with E-state index in [0.717, 1.165) is 0 Å². The lowest BCUT2D eigenvalue weighted by Crippen LogP contribution is -2.48. The third-order valence-corrected chi connectivity index (χ3v) is 6.37. The molecular formula is C16H21Cl2N3O4S. The molecule has 1 unspecified atom stereocenters. The van der Waals surface area contributed by atoms with Gasteiger partial charge in [0.25, 0.3) is 0 Å². The first-order chi connectivity index (χ1) is 12.1. The van der Waals surface area contributed by atoms with Crippen LogP contribution in [0.1, 0.15) is 6.42 Å². The van der Waals surface area contributed by atoms with Gasteiger partial charge in [0.15, 0.2) is 9.84 Å². The molecule has 0 spiro atoms. The lowest BCUT2D eigenvalue weighted by atomic mass is 10.2. The highest BCUT2D eigenvalue weighted by atomic mass is 35.5. The summed E-state index contributed by atoms with van der Waals surface area (Å²) < 4.78 is 23.5. The number of carbonyl (C=O) groups is 2. The van der Waals surface area contributed by atoms with E-state index in [4.69, 9.17) is 23.2 Å². The van der Waals surface area contributed by atoms with Gasteiger partial charge in [-0.3, -0.25) is 9.59 Å². The maximum atomic E-state index is 12.7. The third kappa shape index (κ3) is 5.57. The first-order valence-corrected chi connectivity index (χ1v) is 10.6. The van der Waals surface area contributed by atoms with E-state index in [2.05, 4.69) is 5.32 Å². The van der Waals surface area contributed by atoms with E-state index in [1.54, 1.807) is 6.07 Å². The van der Waals surface area contributed by atoms with E-state index in [9.17, 15) is 18.0 Å². The fourth-order valence-corrected chi connectivity index (χ4v) is 4.86. The van der Waals surface area contributed by atoms with Crippen LogP contribution < -0.4 is 5.32 Å². The van der Waals surface area contributed by atoms with Gasteiger partial charge in [-0.15, -0.1) is 0 Å². The van der Waals surface area contributed by atoms with Crippen LogP contribution in [0.25, 0.3) is 0 Å². The molecule has 1 aromatic rings. The molecule has 26 heavy (non-hydrogen) atoms. The van der Waals surface area contributed by atoms with Gasteiger partial charge in [0, 0.05) is 24.2 Å². The molecule has 0 saturated carbocycles. The lowest BCUT2D eigenvalue weighted by molar-refractivity contribution is -0.144. The Hall–Kier alpha value is -1.35. The van der Waals surface area contributed by atoms with Crippen molar-refractivity contribution in [2.45, 2.75) is 12.5 Å². The van der Waals surface area contributed by atoms with Crippen molar-refractivity contribution in [2.75, 3.05) is 44.0 Å². The lowest BCUT2D eigenvalue weighted by Gasteiger charge is -2.28. The minimum atomic E-state index is -3.18. The molecule has 144 valence electrons. The third-order valence-electron chi connectivity index (χ3n) is 4.07. The molecule has 1 aliphatic heterocycles. The van der Waals surface area contributed by atoms with Crippen LogP contribution in [0, 0.1) is 0 Å². The Labute approximate surface area is 163 Å². The van der Waals surface area contributed by atoms with Crippen molar-refractivity contribution in [3.63, 3.8) is 0 Å². The molecule has 0 radical (unpaired) electrons. The van der Waals surface area contributed by atoms with Gasteiger partial charge in [-0.1, -0.05) is 23.2 Å². The van der Waals surface area contributed by atoms with Crippen LogP contribution in [-0.4, -0.2) is 74.8 Å². The Balaban J connectivity index is 2.15. The van der Waals surface area contributed by atoms with E-state index in [1.807, 2.05) is 19.0 Å². The molecule has 1 heterocycles. The van der Waals surface area contributed by atoms with Crippen molar-refractivity contribution in [3.05, 3.63) is 28.2 Å². The molecule has 1 saturated heterocycles. The Morgan fingerprint density at radius 3 is 2.46 bits per heavy atom. The fraction of sp³-hybridized carbons (Fsp3) is 0.500. The first-order valence-electron chi connectivity index (χ1n) is 8.01. The van der Waals surface area contributed by atoms with Crippen LogP contribution in [0.3, 0.4) is 0 Å². The summed E-state index contributed by atoms with van der Waals surface area (Å²) in [6, 6.07) is 4.00. The second-order valence-electron chi connectivity index (χ2n) is 6.44. The van der Waals surface area contributed by atoms with Crippen molar-refractivity contribution in [3.8, 4) is 0 Å². The molecule has 0 bridgehead atoms. The molecule has 2 rings (SSSR count). The van der Waals surface area contributed by atoms with Gasteiger partial charge in [0.1, 0.15) is 0 Å². The topological polar surface area (TPSA) is 86.8 Å². The predicted molar refractivity (Wildman–Crippen MR) is 102 cm³/mol. The van der Waals surface area contributed by atoms with Gasteiger partial charge in [-0.05, 0) is 38.7 Å². The smallest absolute Gasteiger partial charge is 0.313 e. The number of anilines is 1. The highest BCUT2D eigenvalue weighted by Gasteiger charge is 2.36. The van der Waals surface area contributed by atoms with Gasteiger partial charge >= 0.3 is 11.8 Å². The van der Waals surface area contributed by atoms with E-state index in [0.29, 0.717) is 18.0 Å². The number of hydrogen-bond donors (Lipinski definition) is 1. The molecule has 0 aromatic heterocycles. The molecular weight excluding hydrogens is 401 g/mol. The number of hydrogen-bond acceptors (Lipinski definition) is 5. The molecule has 1 aliphatic rings. The summed E-state index contributed by atoms with van der Waals surface area (Å²) in [6.45, 7) is 0.769. The summed E-state index contributed by atoms with van der Waals surface area (Å²) >= 11 is 11.8. The van der Waals surface area contributed by atoms with Crippen LogP contribution in [0.15, 0.2) is 18.2 Å². The van der Waals surface area contributed by atoms with Crippen LogP contribution in [0.4, 0.5) is 5.69 Å². The quantitative estimate of drug-likeness (QED) is 0.727. The normalized spacial score (nSPS) is 18.7. The van der Waals surface area contributed by atoms with Gasteiger partial charge in [-0.2, -0.15) is 0 Å². The molecule has 0 aliphatic carbocycles. The maximum absolute atomic E-state index is 12.7. The van der Waals surface area contributed by atoms with Gasteiger partial charge in [0.05, 0.1) is 22.2 Å². The summed E-state index contributed by atoms with van der Waals surface area (Å²) in [7, 11) is 0.486. The molecule has 1 N–H and O–H groups in total. The van der Waals surface area contributed by atoms with E-state index < -0.39 is 27.7 Å². The van der Waals surface area contributed by atoms with E-state index in [-0.39, 0.29) is 28.8 Å². The highest BCUT2D eigenvalue weighted by molar-refractivity contribution is 7.91. The highest BCUT2D eigenvalue weighted by Crippen LogP contribution is 2.25. The molecule has 1 aromatic carbocycles. The van der Waals surface area contributed by atoms with Gasteiger partial charge in [-0.25, -0.2) is 8.42 Å². The van der Waals surface area contributed by atoms with Crippen LogP contribution in [-0.2, 0) is 19.4 Å². The number of carbonyl (C=O) groups excluding carboxylic acids is 2. The Morgan fingerprint density at radius 1 is 1.23 bits per heavy atom. The standard InChI is InChI=1S/C16H21Cl2N3O4S/c1-20(2)6-7-21(12-5-8-26(24,25)10-12)16(23)15(22)19-14-4-3-11(17)9-13(14)18/h3-4,9,12H,5-8,10H2,1-2H3,(H,19,22). The van der Waals surface area contributed by atoms with Crippen molar-refractivity contribution in [1.29, 1.82) is 0 Å². The largest absolute Gasteiger partial charge is 0.329 e. The maximum Gasteiger partial charge on any atom is 0.313 e. The van der Waals surface area contributed by atoms with Gasteiger partial charge in [0.2, 0.25) is 0 Å². The van der Waals surface area contributed by atoms with E-state index in [1.165, 1.54) is 17.0 Å². The Bertz CT molecular complexity index is 799. The van der Waals surface area contributed by atoms with Crippen LogP contribution >= 0.6 is 23.2 Å². The average Bonchev–Trinajstić information content (AvgIpc) is 2.89. The number of nitrogens with one attached hydrogen (secondary N) is 1. The average molecular weight is 422 g/mol. The van der Waals surface area contributed by atoms with Crippen molar-refractivity contribution >= 4 is 50.5 Å². The zero-order valence-electron chi connectivity index (χ0n) is 14.5. The van der Waals surface area contributed by atoms with Crippen LogP contribution in [0.2, 0.25) is 10.0 Å². The number of rotatable bonds is 5. The number of likely N-dealkylation sites (N-methyl/N-ethyl adjacent to an activating group) is 1. The first kappa shape index (κ1) is 21.0. The zero-order chi connectivity index (χ0) is 19.5. The van der Waals surface area contributed by atoms with Crippen molar-refractivity contribution in [2.24, 2.45) is 0 Å². The Morgan fingerprint density at radius 2 is 1.92 bits per heavy atom. The molecule has 1 atom stereocenters. The second kappa shape index (κ2) is 8.56. The van der Waals surface area contributed by atoms with Crippen LogP contribution in [0.5, 0.6) is 0 Å². The summed E-state index contributed by atoms with van der Waals surface area (Å²) in [5.41, 5.74) is 0.265. The summed E-state index contributed by atoms with van der Waals surface area (Å²) in [4.78, 5) is 28.3. The number of benzene rings is 1. The predicted octanol–water partition coefficient (Wildman–Crippen LogP) is 1.51. The monoisotopic (exact) mass is 421 g/mol. The number of sulfone groups is 1. The number of amides is 2. The van der Waals surface area contributed by atoms with Gasteiger partial charge < -0.3 is 15.1 Å². The minimum Gasteiger partial charge on any atom is -0.329 e. The molecule has 7 nitrogen and oxygen atoms in total. The molecule has 10 heteroatoms. The molecule has 1 fully saturated rings. The number of halogens is 2. The SMILES string of the molecule is CN(C)CCN(C(=O)C(=O)Nc1ccc(Cl)cc1Cl)C1CCS(=O)(=O)C1. The summed E-state index contributed by atoms with van der Waals surface area (Å²) in [5, 5.41) is 3.08. The minimum absolute atomic E-state index is 0.0219. The second-order valence-corrected chi connectivity index (χ2v) is 9.51. The van der Waals surface area contributed by atoms with Crippen molar-refractivity contribution in [1.82, 2.24) is 9.80 Å². The number of nitrogens with zero attached hydrogens (tertiary/aromatic N) is 2.